The molecule has 0 saturated carbocycles. The third-order valence-corrected chi connectivity index (χ3v) is 4.36. The number of hydrogen-bond donors (Lipinski definition) is 1. The van der Waals surface area contributed by atoms with Crippen LogP contribution in [0.1, 0.15) is 18.9 Å². The number of anilines is 2. The number of nitrogens with zero attached hydrogens (tertiary/aromatic N) is 2. The summed E-state index contributed by atoms with van der Waals surface area (Å²) >= 11 is 5.78. The van der Waals surface area contributed by atoms with Crippen molar-refractivity contribution in [3.8, 4) is 0 Å². The van der Waals surface area contributed by atoms with Crippen molar-refractivity contribution in [2.24, 2.45) is 5.92 Å². The molecule has 0 radical (unpaired) electrons. The molecule has 0 aliphatic carbocycles. The molecule has 1 saturated heterocycles. The number of hydrogen-bond acceptors (Lipinski definition) is 3. The van der Waals surface area contributed by atoms with Gasteiger partial charge in [0.1, 0.15) is 5.82 Å². The van der Waals surface area contributed by atoms with Gasteiger partial charge in [0.15, 0.2) is 0 Å². The Morgan fingerprint density at radius 2 is 2.12 bits per heavy atom. The van der Waals surface area contributed by atoms with Crippen LogP contribution in [0.25, 0.3) is 0 Å². The topological polar surface area (TPSA) is 62.3 Å². The minimum Gasteiger partial charge on any atom is -0.311 e. The van der Waals surface area contributed by atoms with Crippen molar-refractivity contribution in [1.82, 2.24) is 4.98 Å². The smallest absolute Gasteiger partial charge is 0.230 e. The number of nitrogens with one attached hydrogen (secondary N) is 1. The van der Waals surface area contributed by atoms with Crippen molar-refractivity contribution >= 4 is 34.9 Å². The van der Waals surface area contributed by atoms with E-state index in [0.29, 0.717) is 17.4 Å². The fraction of sp³-hybridized carbons (Fsp3) is 0.278. The summed E-state index contributed by atoms with van der Waals surface area (Å²) in [4.78, 5) is 30.5. The molecule has 24 heavy (non-hydrogen) atoms. The Morgan fingerprint density at radius 1 is 1.33 bits per heavy atom. The molecular formula is C18H18ClN3O2. The van der Waals surface area contributed by atoms with Gasteiger partial charge in [-0.3, -0.25) is 9.59 Å². The highest BCUT2D eigenvalue weighted by Crippen LogP contribution is 2.29. The highest BCUT2D eigenvalue weighted by molar-refractivity contribution is 6.30. The number of benzene rings is 1. The molecule has 2 aromatic rings. The SMILES string of the molecule is CCc1ccccc1N1CC(C(=O)Nc2ccc(Cl)cn2)CC1=O. The standard InChI is InChI=1S/C18H18ClN3O2/c1-2-12-5-3-4-6-15(12)22-11-13(9-17(22)23)18(24)21-16-8-7-14(19)10-20-16/h3-8,10,13H,2,9,11H2,1H3,(H,20,21,24). The van der Waals surface area contributed by atoms with Crippen LogP contribution >= 0.6 is 11.6 Å². The van der Waals surface area contributed by atoms with Crippen molar-refractivity contribution < 1.29 is 9.59 Å². The lowest BCUT2D eigenvalue weighted by Crippen LogP contribution is -2.28. The van der Waals surface area contributed by atoms with Crippen LogP contribution in [0.3, 0.4) is 0 Å². The molecule has 1 fully saturated rings. The summed E-state index contributed by atoms with van der Waals surface area (Å²) in [6.07, 6.45) is 2.52. The molecule has 1 aliphatic rings. The predicted octanol–water partition coefficient (Wildman–Crippen LogP) is 3.29. The minimum atomic E-state index is -0.389. The van der Waals surface area contributed by atoms with Crippen molar-refractivity contribution in [3.05, 3.63) is 53.2 Å². The summed E-state index contributed by atoms with van der Waals surface area (Å²) in [5, 5.41) is 3.25. The number of amides is 2. The Morgan fingerprint density at radius 3 is 2.83 bits per heavy atom. The Labute approximate surface area is 145 Å². The number of aryl methyl sites for hydroxylation is 1. The Hall–Kier alpha value is -2.40. The zero-order valence-electron chi connectivity index (χ0n) is 13.3. The van der Waals surface area contributed by atoms with Crippen molar-refractivity contribution in [3.63, 3.8) is 0 Å². The van der Waals surface area contributed by atoms with Gasteiger partial charge in [0.25, 0.3) is 0 Å². The van der Waals surface area contributed by atoms with Gasteiger partial charge in [0.05, 0.1) is 10.9 Å². The summed E-state index contributed by atoms with van der Waals surface area (Å²) in [5.41, 5.74) is 2.00. The number of halogens is 1. The maximum Gasteiger partial charge on any atom is 0.230 e. The summed E-state index contributed by atoms with van der Waals surface area (Å²) in [5.74, 6) is -0.182. The molecule has 0 bridgehead atoms. The van der Waals surface area contributed by atoms with Crippen LogP contribution in [0, 0.1) is 5.92 Å². The summed E-state index contributed by atoms with van der Waals surface area (Å²) in [7, 11) is 0. The summed E-state index contributed by atoms with van der Waals surface area (Å²) in [6.45, 7) is 2.44. The Kier molecular flexibility index (Phi) is 4.81. The van der Waals surface area contributed by atoms with E-state index >= 15 is 0 Å². The largest absolute Gasteiger partial charge is 0.311 e. The van der Waals surface area contributed by atoms with E-state index in [2.05, 4.69) is 17.2 Å². The second-order valence-corrected chi connectivity index (χ2v) is 6.18. The third kappa shape index (κ3) is 3.41. The predicted molar refractivity (Wildman–Crippen MR) is 94.2 cm³/mol. The molecule has 1 atom stereocenters. The van der Waals surface area contributed by atoms with E-state index in [0.717, 1.165) is 17.7 Å². The zero-order valence-corrected chi connectivity index (χ0v) is 14.1. The highest BCUT2D eigenvalue weighted by atomic mass is 35.5. The van der Waals surface area contributed by atoms with Gasteiger partial charge in [-0.05, 0) is 30.2 Å². The van der Waals surface area contributed by atoms with Crippen molar-refractivity contribution in [2.45, 2.75) is 19.8 Å². The number of rotatable bonds is 4. The van der Waals surface area contributed by atoms with Crippen LogP contribution in [0.2, 0.25) is 5.02 Å². The monoisotopic (exact) mass is 343 g/mol. The van der Waals surface area contributed by atoms with Gasteiger partial charge in [-0.1, -0.05) is 36.7 Å². The molecule has 1 aromatic carbocycles. The molecule has 5 nitrogen and oxygen atoms in total. The number of carbonyl (C=O) groups is 2. The van der Waals surface area contributed by atoms with Gasteiger partial charge in [-0.25, -0.2) is 4.98 Å². The molecular weight excluding hydrogens is 326 g/mol. The highest BCUT2D eigenvalue weighted by Gasteiger charge is 2.35. The maximum absolute atomic E-state index is 12.4. The first-order valence-electron chi connectivity index (χ1n) is 7.89. The van der Waals surface area contributed by atoms with Crippen LogP contribution in [-0.4, -0.2) is 23.3 Å². The normalized spacial score (nSPS) is 17.2. The molecule has 1 N–H and O–H groups in total. The second kappa shape index (κ2) is 7.01. The third-order valence-electron chi connectivity index (χ3n) is 4.14. The molecule has 1 aliphatic heterocycles. The number of carbonyl (C=O) groups excluding carboxylic acids is 2. The Balaban J connectivity index is 1.72. The van der Waals surface area contributed by atoms with E-state index in [9.17, 15) is 9.59 Å². The molecule has 0 spiro atoms. The maximum atomic E-state index is 12.4. The molecule has 1 aromatic heterocycles. The minimum absolute atomic E-state index is 0.0277. The first-order chi connectivity index (χ1) is 11.6. The summed E-state index contributed by atoms with van der Waals surface area (Å²) < 4.78 is 0. The van der Waals surface area contributed by atoms with Crippen molar-refractivity contribution in [1.29, 1.82) is 0 Å². The van der Waals surface area contributed by atoms with Crippen LogP contribution in [0.15, 0.2) is 42.6 Å². The number of para-hydroxylation sites is 1. The average Bonchev–Trinajstić information content (AvgIpc) is 2.98. The number of aromatic nitrogens is 1. The number of pyridine rings is 1. The average molecular weight is 344 g/mol. The van der Waals surface area contributed by atoms with Crippen molar-refractivity contribution in [2.75, 3.05) is 16.8 Å². The van der Waals surface area contributed by atoms with Gasteiger partial charge in [-0.15, -0.1) is 0 Å². The molecule has 2 heterocycles. The van der Waals surface area contributed by atoms with E-state index in [1.165, 1.54) is 6.20 Å². The quantitative estimate of drug-likeness (QED) is 0.926. The van der Waals surface area contributed by atoms with E-state index in [4.69, 9.17) is 11.6 Å². The Bertz CT molecular complexity index is 761. The lowest BCUT2D eigenvalue weighted by molar-refractivity contribution is -0.122. The molecule has 6 heteroatoms. The zero-order chi connectivity index (χ0) is 17.1. The van der Waals surface area contributed by atoms with E-state index in [1.807, 2.05) is 24.3 Å². The van der Waals surface area contributed by atoms with E-state index in [1.54, 1.807) is 17.0 Å². The lowest BCUT2D eigenvalue weighted by atomic mass is 10.1. The molecule has 3 rings (SSSR count). The first-order valence-corrected chi connectivity index (χ1v) is 8.27. The van der Waals surface area contributed by atoms with Crippen LogP contribution in [0.5, 0.6) is 0 Å². The van der Waals surface area contributed by atoms with Gasteiger partial charge < -0.3 is 10.2 Å². The van der Waals surface area contributed by atoms with Crippen LogP contribution in [0.4, 0.5) is 11.5 Å². The van der Waals surface area contributed by atoms with Crippen LogP contribution < -0.4 is 10.2 Å². The van der Waals surface area contributed by atoms with Crippen LogP contribution in [-0.2, 0) is 16.0 Å². The fourth-order valence-corrected chi connectivity index (χ4v) is 2.98. The fourth-order valence-electron chi connectivity index (χ4n) is 2.87. The van der Waals surface area contributed by atoms with E-state index in [-0.39, 0.29) is 24.2 Å². The molecule has 2 amide bonds. The van der Waals surface area contributed by atoms with E-state index < -0.39 is 0 Å². The van der Waals surface area contributed by atoms with Gasteiger partial charge in [-0.2, -0.15) is 0 Å². The molecule has 124 valence electrons. The first kappa shape index (κ1) is 16.5. The van der Waals surface area contributed by atoms with Gasteiger partial charge >= 0.3 is 0 Å². The molecule has 1 unspecified atom stereocenters. The lowest BCUT2D eigenvalue weighted by Gasteiger charge is -2.19. The summed E-state index contributed by atoms with van der Waals surface area (Å²) in [6, 6.07) is 11.1. The second-order valence-electron chi connectivity index (χ2n) is 5.74. The van der Waals surface area contributed by atoms with Gasteiger partial charge in [0, 0.05) is 24.8 Å². The van der Waals surface area contributed by atoms with Gasteiger partial charge in [0.2, 0.25) is 11.8 Å².